The molecule has 0 atom stereocenters. The molecule has 0 aromatic carbocycles. The van der Waals surface area contributed by atoms with Gasteiger partial charge in [0.1, 0.15) is 0 Å². The second kappa shape index (κ2) is 30.1. The first-order valence-electron chi connectivity index (χ1n) is 4.25. The third-order valence-electron chi connectivity index (χ3n) is 1.01. The maximum atomic E-state index is 8.29. The van der Waals surface area contributed by atoms with Crippen LogP contribution >= 0.6 is 0 Å². The predicted octanol–water partition coefficient (Wildman–Crippen LogP) is 1.44. The first kappa shape index (κ1) is 18.3. The van der Waals surface area contributed by atoms with Crippen LogP contribution in [0.5, 0.6) is 0 Å². The first-order valence-corrected chi connectivity index (χ1v) is 4.89. The zero-order valence-electron chi connectivity index (χ0n) is 8.05. The molecule has 0 aromatic heterocycles. The molecular weight excluding hydrogens is 192 g/mol. The Morgan fingerprint density at radius 2 is 1.42 bits per heavy atom. The molecule has 0 bridgehead atoms. The van der Waals surface area contributed by atoms with Crippen LogP contribution in [0.1, 0.15) is 39.5 Å². The summed E-state index contributed by atoms with van der Waals surface area (Å²) in [7, 11) is 0. The van der Waals surface area contributed by atoms with Crippen molar-refractivity contribution in [2.45, 2.75) is 39.5 Å². The molecule has 0 heterocycles. The quantitative estimate of drug-likeness (QED) is 0.547. The van der Waals surface area contributed by atoms with E-state index < -0.39 is 0 Å². The van der Waals surface area contributed by atoms with Gasteiger partial charge in [0.25, 0.3) is 0 Å². The van der Waals surface area contributed by atoms with Crippen molar-refractivity contribution in [2.24, 2.45) is 0 Å². The van der Waals surface area contributed by atoms with Gasteiger partial charge in [-0.3, -0.25) is 0 Å². The molecule has 0 aromatic rings. The average molecular weight is 212 g/mol. The molecule has 0 rings (SSSR count). The Labute approximate surface area is 86.9 Å². The zero-order chi connectivity index (χ0) is 10.2. The van der Waals surface area contributed by atoms with Crippen LogP contribution in [0.4, 0.5) is 0 Å². The molecule has 0 saturated carbocycles. The SMILES string of the molecule is CCCCCCO.CCO.[O]=[Ti]. The minimum absolute atomic E-state index is 0.250. The molecule has 0 unspecified atom stereocenters. The van der Waals surface area contributed by atoms with Gasteiger partial charge in [-0.25, -0.2) is 0 Å². The molecule has 3 nitrogen and oxygen atoms in total. The Hall–Kier alpha value is 0.434. The van der Waals surface area contributed by atoms with Crippen LogP contribution in [0.2, 0.25) is 0 Å². The van der Waals surface area contributed by atoms with E-state index in [9.17, 15) is 0 Å². The molecule has 0 aliphatic carbocycles. The van der Waals surface area contributed by atoms with E-state index in [1.165, 1.54) is 19.3 Å². The predicted molar refractivity (Wildman–Crippen MR) is 44.7 cm³/mol. The van der Waals surface area contributed by atoms with Gasteiger partial charge in [0, 0.05) is 13.2 Å². The van der Waals surface area contributed by atoms with Gasteiger partial charge < -0.3 is 10.2 Å². The fourth-order valence-electron chi connectivity index (χ4n) is 0.539. The zero-order valence-corrected chi connectivity index (χ0v) is 9.61. The van der Waals surface area contributed by atoms with Gasteiger partial charge in [-0.05, 0) is 13.3 Å². The van der Waals surface area contributed by atoms with Crippen molar-refractivity contribution in [3.8, 4) is 0 Å². The Balaban J connectivity index is -0.000000137. The van der Waals surface area contributed by atoms with Gasteiger partial charge in [-0.2, -0.15) is 0 Å². The Bertz CT molecular complexity index is 49.6. The molecule has 4 heteroatoms. The van der Waals surface area contributed by atoms with Crippen molar-refractivity contribution in [3.63, 3.8) is 0 Å². The molecule has 74 valence electrons. The average Bonchev–Trinajstić information content (AvgIpc) is 2.11. The van der Waals surface area contributed by atoms with Crippen LogP contribution < -0.4 is 0 Å². The Morgan fingerprint density at radius 3 is 1.67 bits per heavy atom. The molecule has 0 saturated heterocycles. The molecule has 12 heavy (non-hydrogen) atoms. The summed E-state index contributed by atoms with van der Waals surface area (Å²) in [6.45, 7) is 4.46. The van der Waals surface area contributed by atoms with Crippen LogP contribution in [0.15, 0.2) is 0 Å². The summed E-state index contributed by atoms with van der Waals surface area (Å²) in [6.07, 6.45) is 4.68. The van der Waals surface area contributed by atoms with E-state index in [0.717, 1.165) is 26.8 Å². The molecule has 0 spiro atoms. The summed E-state index contributed by atoms with van der Waals surface area (Å²) in [6, 6.07) is 0. The monoisotopic (exact) mass is 212 g/mol. The van der Waals surface area contributed by atoms with E-state index in [1.807, 2.05) is 0 Å². The molecule has 0 fully saturated rings. The normalized spacial score (nSPS) is 7.25. The van der Waals surface area contributed by atoms with E-state index in [2.05, 4.69) is 6.92 Å². The molecule has 0 aliphatic rings. The van der Waals surface area contributed by atoms with Crippen molar-refractivity contribution in [3.05, 3.63) is 0 Å². The molecular formula is C8H20O3Ti. The third-order valence-corrected chi connectivity index (χ3v) is 1.01. The minimum atomic E-state index is 0.250. The van der Waals surface area contributed by atoms with Gasteiger partial charge in [-0.1, -0.05) is 26.2 Å². The molecule has 0 aliphatic heterocycles. The summed E-state index contributed by atoms with van der Waals surface area (Å²) in [5, 5.41) is 15.9. The summed E-state index contributed by atoms with van der Waals surface area (Å²) >= 11 is 0.750. The summed E-state index contributed by atoms with van der Waals surface area (Å²) in [5.74, 6) is 0. The molecule has 2 N–H and O–H groups in total. The summed E-state index contributed by atoms with van der Waals surface area (Å²) in [4.78, 5) is 0. The fourth-order valence-corrected chi connectivity index (χ4v) is 0.539. The summed E-state index contributed by atoms with van der Waals surface area (Å²) in [5.41, 5.74) is 0. The summed E-state index contributed by atoms with van der Waals surface area (Å²) < 4.78 is 8.25. The number of hydrogen-bond acceptors (Lipinski definition) is 3. The van der Waals surface area contributed by atoms with Crippen molar-refractivity contribution < 1.29 is 33.9 Å². The standard InChI is InChI=1S/C6H14O.C2H6O.O.Ti/c1-2-3-4-5-6-7;1-2-3;;/h7H,2-6H2,1H3;3H,2H2,1H3;;. The number of hydrogen-bond donors (Lipinski definition) is 2. The van der Waals surface area contributed by atoms with Crippen molar-refractivity contribution in [1.82, 2.24) is 0 Å². The molecule has 0 radical (unpaired) electrons. The van der Waals surface area contributed by atoms with E-state index >= 15 is 0 Å². The Morgan fingerprint density at radius 1 is 1.00 bits per heavy atom. The van der Waals surface area contributed by atoms with Gasteiger partial charge in [-0.15, -0.1) is 0 Å². The maximum absolute atomic E-state index is 8.29. The fraction of sp³-hybridized carbons (Fsp3) is 1.00. The van der Waals surface area contributed by atoms with E-state index in [0.29, 0.717) is 6.61 Å². The van der Waals surface area contributed by atoms with Gasteiger partial charge in [0.05, 0.1) is 0 Å². The number of unbranched alkanes of at least 4 members (excludes halogenated alkanes) is 3. The molecule has 0 amide bonds. The second-order valence-electron chi connectivity index (χ2n) is 2.10. The van der Waals surface area contributed by atoms with Gasteiger partial charge in [0.15, 0.2) is 0 Å². The first-order chi connectivity index (χ1) is 5.83. The second-order valence-corrected chi connectivity index (χ2v) is 2.10. The van der Waals surface area contributed by atoms with Crippen LogP contribution in [0.25, 0.3) is 0 Å². The van der Waals surface area contributed by atoms with Crippen LogP contribution in [-0.4, -0.2) is 23.4 Å². The van der Waals surface area contributed by atoms with Crippen molar-refractivity contribution >= 4 is 0 Å². The van der Waals surface area contributed by atoms with Gasteiger partial charge in [0.2, 0.25) is 0 Å². The van der Waals surface area contributed by atoms with Crippen molar-refractivity contribution in [1.29, 1.82) is 0 Å². The number of aliphatic hydroxyl groups is 2. The number of rotatable bonds is 4. The number of aliphatic hydroxyl groups excluding tert-OH is 2. The third kappa shape index (κ3) is 47.2. The Kier molecular flexibility index (Phi) is 45.8. The van der Waals surface area contributed by atoms with E-state index in [1.54, 1.807) is 6.92 Å². The van der Waals surface area contributed by atoms with Crippen molar-refractivity contribution in [2.75, 3.05) is 13.2 Å². The van der Waals surface area contributed by atoms with Crippen LogP contribution in [-0.2, 0) is 23.7 Å². The van der Waals surface area contributed by atoms with E-state index in [4.69, 9.17) is 13.5 Å². The van der Waals surface area contributed by atoms with Crippen LogP contribution in [0, 0.1) is 0 Å². The van der Waals surface area contributed by atoms with E-state index in [-0.39, 0.29) is 6.61 Å². The topological polar surface area (TPSA) is 57.5 Å². The van der Waals surface area contributed by atoms with Crippen LogP contribution in [0.3, 0.4) is 0 Å². The van der Waals surface area contributed by atoms with Gasteiger partial charge >= 0.3 is 23.7 Å².